The number of ketones is 1. The zero-order chi connectivity index (χ0) is 13.8. The number of carbonyl (C=O) groups excluding carboxylic acids is 1. The molecule has 1 unspecified atom stereocenters. The predicted octanol–water partition coefficient (Wildman–Crippen LogP) is 1.56. The van der Waals surface area contributed by atoms with Gasteiger partial charge in [0.1, 0.15) is 0 Å². The van der Waals surface area contributed by atoms with Gasteiger partial charge in [-0.1, -0.05) is 12.1 Å². The van der Waals surface area contributed by atoms with Crippen LogP contribution in [0.1, 0.15) is 18.5 Å². The summed E-state index contributed by atoms with van der Waals surface area (Å²) in [6.07, 6.45) is 0. The number of hydrogen-bond acceptors (Lipinski definition) is 5. The zero-order valence-electron chi connectivity index (χ0n) is 10.7. The average molecular weight is 264 g/mol. The summed E-state index contributed by atoms with van der Waals surface area (Å²) in [6, 6.07) is 5.83. The predicted molar refractivity (Wildman–Crippen MR) is 68.9 cm³/mol. The van der Waals surface area contributed by atoms with E-state index in [4.69, 9.17) is 4.74 Å². The molecule has 1 aromatic rings. The number of morpholine rings is 1. The molecule has 6 nitrogen and oxygen atoms in total. The van der Waals surface area contributed by atoms with Crippen LogP contribution < -0.4 is 0 Å². The maximum atomic E-state index is 11.8. The monoisotopic (exact) mass is 264 g/mol. The van der Waals surface area contributed by atoms with Crippen molar-refractivity contribution >= 4 is 11.5 Å². The summed E-state index contributed by atoms with van der Waals surface area (Å²) >= 11 is 0. The van der Waals surface area contributed by atoms with Gasteiger partial charge < -0.3 is 4.74 Å². The first-order valence-electron chi connectivity index (χ1n) is 6.16. The third kappa shape index (κ3) is 3.15. The van der Waals surface area contributed by atoms with Gasteiger partial charge in [0.05, 0.1) is 24.2 Å². The molecule has 0 N–H and O–H groups in total. The van der Waals surface area contributed by atoms with Crippen molar-refractivity contribution < 1.29 is 14.5 Å². The largest absolute Gasteiger partial charge is 0.379 e. The molecule has 1 heterocycles. The Labute approximate surface area is 111 Å². The van der Waals surface area contributed by atoms with Crippen molar-refractivity contribution in [1.29, 1.82) is 0 Å². The van der Waals surface area contributed by atoms with Gasteiger partial charge in [-0.25, -0.2) is 0 Å². The van der Waals surface area contributed by atoms with E-state index in [-0.39, 0.29) is 17.5 Å². The number of benzene rings is 1. The van der Waals surface area contributed by atoms with E-state index in [9.17, 15) is 14.9 Å². The van der Waals surface area contributed by atoms with Crippen LogP contribution in [0.2, 0.25) is 0 Å². The molecule has 1 aliphatic heterocycles. The van der Waals surface area contributed by atoms with Gasteiger partial charge in [0.2, 0.25) is 0 Å². The highest BCUT2D eigenvalue weighted by molar-refractivity contribution is 5.83. The first-order valence-corrected chi connectivity index (χ1v) is 6.16. The zero-order valence-corrected chi connectivity index (χ0v) is 10.7. The van der Waals surface area contributed by atoms with Crippen molar-refractivity contribution in [3.63, 3.8) is 0 Å². The van der Waals surface area contributed by atoms with Gasteiger partial charge in [-0.3, -0.25) is 19.8 Å². The summed E-state index contributed by atoms with van der Waals surface area (Å²) in [7, 11) is 0. The number of carbonyl (C=O) groups is 1. The van der Waals surface area contributed by atoms with Crippen LogP contribution >= 0.6 is 0 Å². The smallest absolute Gasteiger partial charge is 0.269 e. The molecule has 1 aliphatic rings. The molecule has 2 rings (SSSR count). The van der Waals surface area contributed by atoms with Crippen LogP contribution in [0.4, 0.5) is 5.69 Å². The Balaban J connectivity index is 2.23. The molecule has 102 valence electrons. The van der Waals surface area contributed by atoms with Gasteiger partial charge in [-0.05, 0) is 12.5 Å². The van der Waals surface area contributed by atoms with Crippen LogP contribution in [0, 0.1) is 10.1 Å². The van der Waals surface area contributed by atoms with E-state index >= 15 is 0 Å². The van der Waals surface area contributed by atoms with E-state index in [2.05, 4.69) is 0 Å². The van der Waals surface area contributed by atoms with Crippen molar-refractivity contribution in [2.24, 2.45) is 0 Å². The second-order valence-corrected chi connectivity index (χ2v) is 4.51. The van der Waals surface area contributed by atoms with Crippen LogP contribution in [-0.2, 0) is 9.53 Å². The fraction of sp³-hybridized carbons (Fsp3) is 0.462. The Morgan fingerprint density at radius 1 is 1.32 bits per heavy atom. The quantitative estimate of drug-likeness (QED) is 0.609. The fourth-order valence-corrected chi connectivity index (χ4v) is 2.32. The van der Waals surface area contributed by atoms with Gasteiger partial charge in [0, 0.05) is 25.2 Å². The summed E-state index contributed by atoms with van der Waals surface area (Å²) in [6.45, 7) is 4.15. The molecule has 0 saturated carbocycles. The fourth-order valence-electron chi connectivity index (χ4n) is 2.32. The normalized spacial score (nSPS) is 17.9. The first kappa shape index (κ1) is 13.6. The minimum atomic E-state index is -0.443. The lowest BCUT2D eigenvalue weighted by molar-refractivity contribution is -0.384. The van der Waals surface area contributed by atoms with E-state index in [0.717, 1.165) is 5.56 Å². The molecule has 0 radical (unpaired) electrons. The Morgan fingerprint density at radius 3 is 2.37 bits per heavy atom. The standard InChI is InChI=1S/C13H16N2O4/c1-10(16)13(14-6-8-19-9-7-14)11-2-4-12(5-3-11)15(17)18/h2-5,13H,6-9H2,1H3. The number of Topliss-reactive ketones (excluding diaryl/α,β-unsaturated/α-hetero) is 1. The highest BCUT2D eigenvalue weighted by Gasteiger charge is 2.26. The molecule has 1 saturated heterocycles. The number of nitro groups is 1. The number of nitrogens with zero attached hydrogens (tertiary/aromatic N) is 2. The number of hydrogen-bond donors (Lipinski definition) is 0. The number of rotatable bonds is 4. The van der Waals surface area contributed by atoms with E-state index in [1.807, 2.05) is 4.90 Å². The van der Waals surface area contributed by atoms with Gasteiger partial charge in [0.15, 0.2) is 5.78 Å². The molecule has 19 heavy (non-hydrogen) atoms. The Hall–Kier alpha value is -1.79. The van der Waals surface area contributed by atoms with Crippen molar-refractivity contribution in [2.45, 2.75) is 13.0 Å². The Bertz CT molecular complexity index is 466. The van der Waals surface area contributed by atoms with Crippen LogP contribution in [0.15, 0.2) is 24.3 Å². The number of nitro benzene ring substituents is 1. The second-order valence-electron chi connectivity index (χ2n) is 4.51. The van der Waals surface area contributed by atoms with Gasteiger partial charge in [0.25, 0.3) is 5.69 Å². The minimum Gasteiger partial charge on any atom is -0.379 e. The molecular formula is C13H16N2O4. The topological polar surface area (TPSA) is 72.7 Å². The second kappa shape index (κ2) is 5.90. The molecule has 0 aliphatic carbocycles. The molecule has 1 aromatic carbocycles. The van der Waals surface area contributed by atoms with Crippen LogP contribution in [0.5, 0.6) is 0 Å². The van der Waals surface area contributed by atoms with Gasteiger partial charge in [-0.2, -0.15) is 0 Å². The summed E-state index contributed by atoms with van der Waals surface area (Å²) in [5.41, 5.74) is 0.827. The van der Waals surface area contributed by atoms with Crippen LogP contribution in [0.3, 0.4) is 0 Å². The summed E-state index contributed by atoms with van der Waals surface area (Å²) < 4.78 is 5.27. The minimum absolute atomic E-state index is 0.0352. The highest BCUT2D eigenvalue weighted by atomic mass is 16.6. The first-order chi connectivity index (χ1) is 9.09. The average Bonchev–Trinajstić information content (AvgIpc) is 2.40. The van der Waals surface area contributed by atoms with Crippen molar-refractivity contribution in [1.82, 2.24) is 4.90 Å². The third-order valence-corrected chi connectivity index (χ3v) is 3.22. The van der Waals surface area contributed by atoms with Crippen molar-refractivity contribution in [3.8, 4) is 0 Å². The summed E-state index contributed by atoms with van der Waals surface area (Å²) in [4.78, 5) is 24.1. The number of non-ortho nitro benzene ring substituents is 1. The lowest BCUT2D eigenvalue weighted by Crippen LogP contribution is -2.41. The lowest BCUT2D eigenvalue weighted by Gasteiger charge is -2.33. The van der Waals surface area contributed by atoms with Crippen LogP contribution in [0.25, 0.3) is 0 Å². The molecule has 1 fully saturated rings. The van der Waals surface area contributed by atoms with E-state index in [1.165, 1.54) is 12.1 Å². The van der Waals surface area contributed by atoms with E-state index in [0.29, 0.717) is 26.3 Å². The third-order valence-electron chi connectivity index (χ3n) is 3.22. The Kier molecular flexibility index (Phi) is 4.24. The SMILES string of the molecule is CC(=O)C(c1ccc([N+](=O)[O-])cc1)N1CCOCC1. The number of ether oxygens (including phenoxy) is 1. The molecule has 0 aromatic heterocycles. The molecule has 0 amide bonds. The lowest BCUT2D eigenvalue weighted by atomic mass is 10.0. The summed E-state index contributed by atoms with van der Waals surface area (Å²) in [5.74, 6) is 0.0377. The molecule has 0 spiro atoms. The van der Waals surface area contributed by atoms with E-state index in [1.54, 1.807) is 19.1 Å². The maximum absolute atomic E-state index is 11.8. The van der Waals surface area contributed by atoms with Gasteiger partial charge in [-0.15, -0.1) is 0 Å². The molecule has 0 bridgehead atoms. The highest BCUT2D eigenvalue weighted by Crippen LogP contribution is 2.24. The summed E-state index contributed by atoms with van der Waals surface area (Å²) in [5, 5.41) is 10.6. The van der Waals surface area contributed by atoms with Crippen molar-refractivity contribution in [2.75, 3.05) is 26.3 Å². The van der Waals surface area contributed by atoms with E-state index < -0.39 is 4.92 Å². The van der Waals surface area contributed by atoms with Crippen LogP contribution in [-0.4, -0.2) is 41.9 Å². The Morgan fingerprint density at radius 2 is 1.89 bits per heavy atom. The maximum Gasteiger partial charge on any atom is 0.269 e. The van der Waals surface area contributed by atoms with Gasteiger partial charge >= 0.3 is 0 Å². The molecule has 1 atom stereocenters. The molecule has 6 heteroatoms. The molecular weight excluding hydrogens is 248 g/mol. The van der Waals surface area contributed by atoms with Crippen molar-refractivity contribution in [3.05, 3.63) is 39.9 Å².